The van der Waals surface area contributed by atoms with Crippen molar-refractivity contribution < 1.29 is 9.26 Å². The van der Waals surface area contributed by atoms with Crippen molar-refractivity contribution >= 4 is 0 Å². The first kappa shape index (κ1) is 13.3. The Balaban J connectivity index is 1.66. The van der Waals surface area contributed by atoms with E-state index in [1.54, 1.807) is 7.11 Å². The van der Waals surface area contributed by atoms with Crippen LogP contribution in [0.15, 0.2) is 28.8 Å². The van der Waals surface area contributed by atoms with Crippen molar-refractivity contribution in [2.24, 2.45) is 5.73 Å². The first-order valence-electron chi connectivity index (χ1n) is 6.95. The number of benzene rings is 1. The Morgan fingerprint density at radius 3 is 3.10 bits per heavy atom. The van der Waals surface area contributed by atoms with E-state index in [1.165, 1.54) is 11.1 Å². The fourth-order valence-corrected chi connectivity index (χ4v) is 2.60. The summed E-state index contributed by atoms with van der Waals surface area (Å²) in [7, 11) is 1.68. The molecule has 0 radical (unpaired) electrons. The van der Waals surface area contributed by atoms with E-state index >= 15 is 0 Å². The molecule has 1 aromatic carbocycles. The number of fused-ring (bicyclic) bond motifs is 1. The summed E-state index contributed by atoms with van der Waals surface area (Å²) in [5, 5.41) is 4.09. The van der Waals surface area contributed by atoms with Gasteiger partial charge in [-0.3, -0.25) is 0 Å². The molecule has 0 spiro atoms. The number of hydrogen-bond donors (Lipinski definition) is 1. The molecule has 2 aromatic rings. The second kappa shape index (κ2) is 5.73. The summed E-state index contributed by atoms with van der Waals surface area (Å²) in [5.41, 5.74) is 8.72. The molecule has 5 nitrogen and oxygen atoms in total. The Labute approximate surface area is 118 Å². The normalized spacial score (nSPS) is 18.4. The Bertz CT molecular complexity index is 582. The molecule has 1 heterocycles. The largest absolute Gasteiger partial charge is 0.385 e. The monoisotopic (exact) mass is 273 g/mol. The molecule has 0 aliphatic heterocycles. The lowest BCUT2D eigenvalue weighted by molar-refractivity contribution is 0.188. The van der Waals surface area contributed by atoms with E-state index in [2.05, 4.69) is 28.3 Å². The van der Waals surface area contributed by atoms with E-state index < -0.39 is 0 Å². The maximum atomic E-state index is 6.05. The molecule has 2 unspecified atom stereocenters. The highest BCUT2D eigenvalue weighted by Gasteiger charge is 2.31. The molecular weight excluding hydrogens is 254 g/mol. The third kappa shape index (κ3) is 2.46. The lowest BCUT2D eigenvalue weighted by Crippen LogP contribution is -2.19. The quantitative estimate of drug-likeness (QED) is 0.817. The van der Waals surface area contributed by atoms with Gasteiger partial charge in [0.15, 0.2) is 5.82 Å². The SMILES string of the molecule is COCCCC(N)c1nc(C2Cc3ccccc32)no1. The summed E-state index contributed by atoms with van der Waals surface area (Å²) in [4.78, 5) is 4.47. The van der Waals surface area contributed by atoms with E-state index in [-0.39, 0.29) is 12.0 Å². The van der Waals surface area contributed by atoms with Crippen LogP contribution in [-0.4, -0.2) is 23.9 Å². The molecule has 0 fully saturated rings. The van der Waals surface area contributed by atoms with Gasteiger partial charge < -0.3 is 15.0 Å². The van der Waals surface area contributed by atoms with Crippen LogP contribution >= 0.6 is 0 Å². The standard InChI is InChI=1S/C15H19N3O2/c1-19-8-4-7-13(16)15-17-14(18-20-15)12-9-10-5-2-3-6-11(10)12/h2-3,5-6,12-13H,4,7-9,16H2,1H3. The Morgan fingerprint density at radius 2 is 2.30 bits per heavy atom. The highest BCUT2D eigenvalue weighted by atomic mass is 16.5. The molecular formula is C15H19N3O2. The fraction of sp³-hybridized carbons (Fsp3) is 0.467. The Morgan fingerprint density at radius 1 is 1.45 bits per heavy atom. The number of ether oxygens (including phenoxy) is 1. The predicted octanol–water partition coefficient (Wildman–Crippen LogP) is 2.18. The Hall–Kier alpha value is -1.72. The van der Waals surface area contributed by atoms with E-state index in [0.29, 0.717) is 12.5 Å². The van der Waals surface area contributed by atoms with Crippen molar-refractivity contribution in [2.45, 2.75) is 31.2 Å². The molecule has 106 valence electrons. The van der Waals surface area contributed by atoms with Crippen LogP contribution in [0.4, 0.5) is 0 Å². The lowest BCUT2D eigenvalue weighted by Gasteiger charge is -2.27. The van der Waals surface area contributed by atoms with Crippen LogP contribution in [-0.2, 0) is 11.2 Å². The van der Waals surface area contributed by atoms with Gasteiger partial charge in [-0.2, -0.15) is 4.98 Å². The minimum absolute atomic E-state index is 0.207. The summed E-state index contributed by atoms with van der Waals surface area (Å²) < 4.78 is 10.3. The number of rotatable bonds is 6. The average molecular weight is 273 g/mol. The van der Waals surface area contributed by atoms with Crippen molar-refractivity contribution in [1.82, 2.24) is 10.1 Å². The molecule has 1 aliphatic carbocycles. The highest BCUT2D eigenvalue weighted by molar-refractivity contribution is 5.43. The summed E-state index contributed by atoms with van der Waals surface area (Å²) in [6, 6.07) is 8.16. The zero-order chi connectivity index (χ0) is 13.9. The lowest BCUT2D eigenvalue weighted by atomic mass is 9.77. The smallest absolute Gasteiger partial charge is 0.243 e. The van der Waals surface area contributed by atoms with Crippen LogP contribution in [0.2, 0.25) is 0 Å². The zero-order valence-electron chi connectivity index (χ0n) is 11.6. The molecule has 3 rings (SSSR count). The van der Waals surface area contributed by atoms with Gasteiger partial charge in [-0.05, 0) is 30.4 Å². The number of methoxy groups -OCH3 is 1. The van der Waals surface area contributed by atoms with Crippen LogP contribution < -0.4 is 5.73 Å². The summed E-state index contributed by atoms with van der Waals surface area (Å²) in [5.74, 6) is 1.54. The predicted molar refractivity (Wildman–Crippen MR) is 74.3 cm³/mol. The summed E-state index contributed by atoms with van der Waals surface area (Å²) >= 11 is 0. The van der Waals surface area contributed by atoms with Gasteiger partial charge >= 0.3 is 0 Å². The topological polar surface area (TPSA) is 74.2 Å². The maximum absolute atomic E-state index is 6.05. The minimum atomic E-state index is -0.207. The minimum Gasteiger partial charge on any atom is -0.385 e. The zero-order valence-corrected chi connectivity index (χ0v) is 11.6. The number of hydrogen-bond acceptors (Lipinski definition) is 5. The molecule has 0 saturated heterocycles. The second-order valence-corrected chi connectivity index (χ2v) is 5.19. The summed E-state index contributed by atoms with van der Waals surface area (Å²) in [6.07, 6.45) is 2.66. The van der Waals surface area contributed by atoms with Crippen LogP contribution in [0.25, 0.3) is 0 Å². The van der Waals surface area contributed by atoms with Crippen molar-refractivity contribution in [2.75, 3.05) is 13.7 Å². The first-order chi connectivity index (χ1) is 9.79. The van der Waals surface area contributed by atoms with Gasteiger partial charge in [0.1, 0.15) is 0 Å². The maximum Gasteiger partial charge on any atom is 0.243 e. The van der Waals surface area contributed by atoms with Crippen molar-refractivity contribution in [3.8, 4) is 0 Å². The van der Waals surface area contributed by atoms with E-state index in [0.717, 1.165) is 25.1 Å². The van der Waals surface area contributed by atoms with Gasteiger partial charge in [-0.15, -0.1) is 0 Å². The van der Waals surface area contributed by atoms with E-state index in [9.17, 15) is 0 Å². The van der Waals surface area contributed by atoms with Gasteiger partial charge in [-0.1, -0.05) is 29.4 Å². The van der Waals surface area contributed by atoms with Gasteiger partial charge in [-0.25, -0.2) is 0 Å². The number of nitrogens with two attached hydrogens (primary N) is 1. The third-order valence-electron chi connectivity index (χ3n) is 3.80. The first-order valence-corrected chi connectivity index (χ1v) is 6.95. The molecule has 0 saturated carbocycles. The molecule has 5 heteroatoms. The van der Waals surface area contributed by atoms with Crippen LogP contribution in [0.5, 0.6) is 0 Å². The van der Waals surface area contributed by atoms with Crippen LogP contribution in [0, 0.1) is 0 Å². The molecule has 1 aliphatic rings. The van der Waals surface area contributed by atoms with Crippen molar-refractivity contribution in [3.63, 3.8) is 0 Å². The van der Waals surface area contributed by atoms with E-state index in [4.69, 9.17) is 15.0 Å². The molecule has 0 bridgehead atoms. The fourth-order valence-electron chi connectivity index (χ4n) is 2.60. The highest BCUT2D eigenvalue weighted by Crippen LogP contribution is 2.38. The molecule has 1 aromatic heterocycles. The molecule has 2 atom stereocenters. The number of nitrogens with zero attached hydrogens (tertiary/aromatic N) is 2. The molecule has 0 amide bonds. The second-order valence-electron chi connectivity index (χ2n) is 5.19. The average Bonchev–Trinajstić information content (AvgIpc) is 2.90. The van der Waals surface area contributed by atoms with Crippen molar-refractivity contribution in [3.05, 3.63) is 47.1 Å². The van der Waals surface area contributed by atoms with Gasteiger partial charge in [0.05, 0.1) is 12.0 Å². The van der Waals surface area contributed by atoms with Gasteiger partial charge in [0.25, 0.3) is 0 Å². The van der Waals surface area contributed by atoms with Gasteiger partial charge in [0.2, 0.25) is 5.89 Å². The van der Waals surface area contributed by atoms with E-state index in [1.807, 2.05) is 6.07 Å². The number of aromatic nitrogens is 2. The van der Waals surface area contributed by atoms with Crippen molar-refractivity contribution in [1.29, 1.82) is 0 Å². The summed E-state index contributed by atoms with van der Waals surface area (Å²) in [6.45, 7) is 0.699. The Kier molecular flexibility index (Phi) is 3.80. The van der Waals surface area contributed by atoms with Gasteiger partial charge in [0, 0.05) is 13.7 Å². The van der Waals surface area contributed by atoms with Crippen LogP contribution in [0.1, 0.15) is 47.6 Å². The third-order valence-corrected chi connectivity index (χ3v) is 3.80. The molecule has 2 N–H and O–H groups in total. The van der Waals surface area contributed by atoms with Crippen LogP contribution in [0.3, 0.4) is 0 Å². The molecule has 20 heavy (non-hydrogen) atoms.